The first-order chi connectivity index (χ1) is 8.00. The molecule has 1 aromatic carbocycles. The lowest BCUT2D eigenvalue weighted by Crippen LogP contribution is -2.50. The molecule has 1 aromatic rings. The Labute approximate surface area is 102 Å². The van der Waals surface area contributed by atoms with Crippen molar-refractivity contribution >= 4 is 0 Å². The summed E-state index contributed by atoms with van der Waals surface area (Å²) in [5.74, 6) is 0.350. The van der Waals surface area contributed by atoms with Crippen LogP contribution in [0.2, 0.25) is 0 Å². The zero-order chi connectivity index (χ0) is 12.5. The zero-order valence-corrected chi connectivity index (χ0v) is 10.4. The molecule has 1 fully saturated rings. The molecule has 0 amide bonds. The van der Waals surface area contributed by atoms with Gasteiger partial charge in [-0.1, -0.05) is 19.1 Å². The lowest BCUT2D eigenvalue weighted by molar-refractivity contribution is -0.00145. The highest BCUT2D eigenvalue weighted by Crippen LogP contribution is 2.31. The first kappa shape index (κ1) is 12.5. The fourth-order valence-corrected chi connectivity index (χ4v) is 2.52. The van der Waals surface area contributed by atoms with Crippen LogP contribution < -0.4 is 5.32 Å². The Balaban J connectivity index is 2.19. The summed E-state index contributed by atoms with van der Waals surface area (Å²) in [5, 5.41) is 14.0. The van der Waals surface area contributed by atoms with E-state index >= 15 is 0 Å². The van der Waals surface area contributed by atoms with E-state index in [1.54, 1.807) is 19.1 Å². The SMILES string of the molecule is CC1CCNC(C(C)(O)c2ccc(F)cc2)C1. The highest BCUT2D eigenvalue weighted by atomic mass is 19.1. The minimum absolute atomic E-state index is 0.0386. The smallest absolute Gasteiger partial charge is 0.123 e. The van der Waals surface area contributed by atoms with Crippen LogP contribution in [-0.2, 0) is 5.60 Å². The van der Waals surface area contributed by atoms with Crippen LogP contribution in [0.3, 0.4) is 0 Å². The number of rotatable bonds is 2. The number of benzene rings is 1. The zero-order valence-electron chi connectivity index (χ0n) is 10.4. The Morgan fingerprint density at radius 3 is 2.59 bits per heavy atom. The molecule has 0 spiro atoms. The number of hydrogen-bond acceptors (Lipinski definition) is 2. The van der Waals surface area contributed by atoms with E-state index in [1.807, 2.05) is 0 Å². The summed E-state index contributed by atoms with van der Waals surface area (Å²) >= 11 is 0. The fraction of sp³-hybridized carbons (Fsp3) is 0.571. The van der Waals surface area contributed by atoms with Gasteiger partial charge in [0.25, 0.3) is 0 Å². The van der Waals surface area contributed by atoms with Gasteiger partial charge in [-0.2, -0.15) is 0 Å². The number of halogens is 1. The van der Waals surface area contributed by atoms with Crippen LogP contribution in [0.15, 0.2) is 24.3 Å². The van der Waals surface area contributed by atoms with Crippen LogP contribution in [0.1, 0.15) is 32.3 Å². The van der Waals surface area contributed by atoms with Gasteiger partial charge in [0.2, 0.25) is 0 Å². The summed E-state index contributed by atoms with van der Waals surface area (Å²) in [6.07, 6.45) is 2.10. The monoisotopic (exact) mass is 237 g/mol. The predicted octanol–water partition coefficient (Wildman–Crippen LogP) is 2.42. The summed E-state index contributed by atoms with van der Waals surface area (Å²) in [4.78, 5) is 0. The van der Waals surface area contributed by atoms with Gasteiger partial charge in [0.15, 0.2) is 0 Å². The minimum atomic E-state index is -0.942. The second-order valence-corrected chi connectivity index (χ2v) is 5.29. The normalized spacial score (nSPS) is 28.7. The Bertz CT molecular complexity index is 374. The second kappa shape index (κ2) is 4.75. The summed E-state index contributed by atoms with van der Waals surface area (Å²) in [7, 11) is 0. The topological polar surface area (TPSA) is 32.3 Å². The van der Waals surface area contributed by atoms with Crippen molar-refractivity contribution in [2.75, 3.05) is 6.54 Å². The number of aliphatic hydroxyl groups is 1. The van der Waals surface area contributed by atoms with Gasteiger partial charge in [-0.3, -0.25) is 0 Å². The summed E-state index contributed by atoms with van der Waals surface area (Å²) in [6, 6.07) is 6.16. The van der Waals surface area contributed by atoms with Crippen LogP contribution in [0.5, 0.6) is 0 Å². The molecule has 3 heteroatoms. The van der Waals surface area contributed by atoms with E-state index < -0.39 is 5.60 Å². The van der Waals surface area contributed by atoms with Crippen LogP contribution in [0.4, 0.5) is 4.39 Å². The molecule has 3 unspecified atom stereocenters. The molecule has 2 nitrogen and oxygen atoms in total. The van der Waals surface area contributed by atoms with Crippen LogP contribution in [0, 0.1) is 11.7 Å². The van der Waals surface area contributed by atoms with Crippen molar-refractivity contribution in [1.82, 2.24) is 5.32 Å². The van der Waals surface area contributed by atoms with Crippen molar-refractivity contribution in [3.05, 3.63) is 35.6 Å². The maximum Gasteiger partial charge on any atom is 0.123 e. The second-order valence-electron chi connectivity index (χ2n) is 5.29. The van der Waals surface area contributed by atoms with E-state index in [2.05, 4.69) is 12.2 Å². The molecule has 17 heavy (non-hydrogen) atoms. The van der Waals surface area contributed by atoms with Crippen molar-refractivity contribution in [2.45, 2.75) is 38.3 Å². The van der Waals surface area contributed by atoms with Gasteiger partial charge in [0.1, 0.15) is 11.4 Å². The molecule has 1 saturated heterocycles. The average molecular weight is 237 g/mol. The van der Waals surface area contributed by atoms with Gasteiger partial charge in [0, 0.05) is 6.04 Å². The van der Waals surface area contributed by atoms with E-state index in [0.29, 0.717) is 5.92 Å². The standard InChI is InChI=1S/C14H20FNO/c1-10-7-8-16-13(9-10)14(2,17)11-3-5-12(15)6-4-11/h3-6,10,13,16-17H,7-9H2,1-2H3. The lowest BCUT2D eigenvalue weighted by atomic mass is 9.80. The van der Waals surface area contributed by atoms with Crippen molar-refractivity contribution in [2.24, 2.45) is 5.92 Å². The molecular weight excluding hydrogens is 217 g/mol. The van der Waals surface area contributed by atoms with Crippen molar-refractivity contribution in [3.8, 4) is 0 Å². The third-order valence-electron chi connectivity index (χ3n) is 3.77. The lowest BCUT2D eigenvalue weighted by Gasteiger charge is -2.39. The molecule has 0 aromatic heterocycles. The molecule has 0 saturated carbocycles. The molecule has 1 aliphatic rings. The maximum absolute atomic E-state index is 12.9. The molecule has 2 N–H and O–H groups in total. The Morgan fingerprint density at radius 2 is 2.00 bits per heavy atom. The van der Waals surface area contributed by atoms with Crippen molar-refractivity contribution in [1.29, 1.82) is 0 Å². The Morgan fingerprint density at radius 1 is 1.35 bits per heavy atom. The highest BCUT2D eigenvalue weighted by Gasteiger charge is 2.36. The first-order valence-corrected chi connectivity index (χ1v) is 6.22. The van der Waals surface area contributed by atoms with Gasteiger partial charge in [-0.25, -0.2) is 4.39 Å². The average Bonchev–Trinajstić information content (AvgIpc) is 2.29. The molecule has 1 heterocycles. The molecule has 3 atom stereocenters. The van der Waals surface area contributed by atoms with Crippen molar-refractivity contribution in [3.63, 3.8) is 0 Å². The largest absolute Gasteiger partial charge is 0.384 e. The quantitative estimate of drug-likeness (QED) is 0.828. The first-order valence-electron chi connectivity index (χ1n) is 6.22. The number of nitrogens with one attached hydrogen (secondary N) is 1. The Kier molecular flexibility index (Phi) is 3.50. The van der Waals surface area contributed by atoms with E-state index in [9.17, 15) is 9.50 Å². The van der Waals surface area contributed by atoms with Gasteiger partial charge in [-0.15, -0.1) is 0 Å². The molecule has 0 radical (unpaired) electrons. The molecule has 94 valence electrons. The molecule has 1 aliphatic heterocycles. The molecule has 0 bridgehead atoms. The molecular formula is C14H20FNO. The third-order valence-corrected chi connectivity index (χ3v) is 3.77. The maximum atomic E-state index is 12.9. The van der Waals surface area contributed by atoms with E-state index in [0.717, 1.165) is 24.9 Å². The Hall–Kier alpha value is -0.930. The van der Waals surface area contributed by atoms with Gasteiger partial charge >= 0.3 is 0 Å². The molecule has 0 aliphatic carbocycles. The molecule has 2 rings (SSSR count). The van der Waals surface area contributed by atoms with Crippen molar-refractivity contribution < 1.29 is 9.50 Å². The predicted molar refractivity (Wildman–Crippen MR) is 66.2 cm³/mol. The summed E-state index contributed by atoms with van der Waals surface area (Å²) in [5.41, 5.74) is -0.173. The minimum Gasteiger partial charge on any atom is -0.384 e. The summed E-state index contributed by atoms with van der Waals surface area (Å²) < 4.78 is 12.9. The fourth-order valence-electron chi connectivity index (χ4n) is 2.52. The van der Waals surface area contributed by atoms with Crippen LogP contribution in [-0.4, -0.2) is 17.7 Å². The van der Waals surface area contributed by atoms with Gasteiger partial charge in [-0.05, 0) is 49.9 Å². The van der Waals surface area contributed by atoms with Gasteiger partial charge < -0.3 is 10.4 Å². The van der Waals surface area contributed by atoms with Gasteiger partial charge in [0.05, 0.1) is 0 Å². The van der Waals surface area contributed by atoms with E-state index in [1.165, 1.54) is 12.1 Å². The number of hydrogen-bond donors (Lipinski definition) is 2. The van der Waals surface area contributed by atoms with Crippen LogP contribution in [0.25, 0.3) is 0 Å². The highest BCUT2D eigenvalue weighted by molar-refractivity contribution is 5.24. The van der Waals surface area contributed by atoms with Crippen LogP contribution >= 0.6 is 0 Å². The van der Waals surface area contributed by atoms with E-state index in [4.69, 9.17) is 0 Å². The van der Waals surface area contributed by atoms with E-state index in [-0.39, 0.29) is 11.9 Å². The summed E-state index contributed by atoms with van der Waals surface area (Å²) in [6.45, 7) is 4.94. The third kappa shape index (κ3) is 2.67. The number of piperidine rings is 1.